The first-order valence-electron chi connectivity index (χ1n) is 12.8. The average molecular weight is 507 g/mol. The van der Waals surface area contributed by atoms with Crippen LogP contribution in [0.1, 0.15) is 21.6 Å². The van der Waals surface area contributed by atoms with Crippen LogP contribution in [0.5, 0.6) is 0 Å². The number of benzene rings is 5. The number of rotatable bonds is 6. The summed E-state index contributed by atoms with van der Waals surface area (Å²) in [5, 5.41) is 11.1. The number of amides is 1. The quantitative estimate of drug-likeness (QED) is 0.189. The van der Waals surface area contributed by atoms with E-state index in [2.05, 4.69) is 59.1 Å². The van der Waals surface area contributed by atoms with Crippen molar-refractivity contribution in [3.63, 3.8) is 0 Å². The van der Waals surface area contributed by atoms with Crippen LogP contribution >= 0.6 is 0 Å². The third-order valence-electron chi connectivity index (χ3n) is 6.77. The molecule has 0 saturated carbocycles. The largest absolute Gasteiger partial charge is 0.291 e. The number of nitrogens with zero attached hydrogens (tertiary/aromatic N) is 3. The molecule has 0 aliphatic carbocycles. The summed E-state index contributed by atoms with van der Waals surface area (Å²) in [6, 6.07) is 42.5. The van der Waals surface area contributed by atoms with Crippen LogP contribution in [0, 0.1) is 6.92 Å². The smallest absolute Gasteiger partial charge is 0.265 e. The normalized spacial score (nSPS) is 11.2. The van der Waals surface area contributed by atoms with Crippen molar-refractivity contribution in [2.75, 3.05) is 0 Å². The molecule has 0 radical (unpaired) electrons. The highest BCUT2D eigenvalue weighted by molar-refractivity contribution is 6.00. The van der Waals surface area contributed by atoms with Crippen LogP contribution in [-0.2, 0) is 0 Å². The number of nitrogens with one attached hydrogen (secondary N) is 1. The van der Waals surface area contributed by atoms with Gasteiger partial charge >= 0.3 is 0 Å². The van der Waals surface area contributed by atoms with E-state index in [1.807, 2.05) is 90.5 Å². The second kappa shape index (κ2) is 10.6. The maximum absolute atomic E-state index is 13.2. The molecule has 1 amide bonds. The zero-order valence-corrected chi connectivity index (χ0v) is 21.5. The van der Waals surface area contributed by atoms with Gasteiger partial charge in [0, 0.05) is 11.1 Å². The highest BCUT2D eigenvalue weighted by Crippen LogP contribution is 2.28. The van der Waals surface area contributed by atoms with Gasteiger partial charge in [0.25, 0.3) is 5.91 Å². The highest BCUT2D eigenvalue weighted by Gasteiger charge is 2.17. The van der Waals surface area contributed by atoms with E-state index in [9.17, 15) is 4.79 Å². The molecule has 5 heteroatoms. The van der Waals surface area contributed by atoms with Crippen LogP contribution in [0.2, 0.25) is 0 Å². The first-order valence-corrected chi connectivity index (χ1v) is 12.8. The molecule has 0 saturated heterocycles. The molecule has 0 spiro atoms. The van der Waals surface area contributed by atoms with Crippen molar-refractivity contribution < 1.29 is 4.79 Å². The van der Waals surface area contributed by atoms with Crippen molar-refractivity contribution in [1.82, 2.24) is 15.2 Å². The summed E-state index contributed by atoms with van der Waals surface area (Å²) in [6.07, 6.45) is 1.67. The molecule has 1 N–H and O–H groups in total. The van der Waals surface area contributed by atoms with Gasteiger partial charge < -0.3 is 0 Å². The molecule has 0 aliphatic heterocycles. The van der Waals surface area contributed by atoms with Gasteiger partial charge in [0.2, 0.25) is 0 Å². The second-order valence-electron chi connectivity index (χ2n) is 9.32. The minimum atomic E-state index is -0.374. The second-order valence-corrected chi connectivity index (χ2v) is 9.32. The molecule has 188 valence electrons. The molecule has 5 nitrogen and oxygen atoms in total. The number of aromatic nitrogens is 2. The molecule has 5 aromatic carbocycles. The molecular weight excluding hydrogens is 480 g/mol. The molecular formula is C34H26N4O. The van der Waals surface area contributed by atoms with E-state index in [4.69, 9.17) is 5.10 Å². The Morgan fingerprint density at radius 1 is 0.744 bits per heavy atom. The molecule has 1 aromatic heterocycles. The van der Waals surface area contributed by atoms with Crippen LogP contribution in [0.25, 0.3) is 38.8 Å². The summed E-state index contributed by atoms with van der Waals surface area (Å²) in [6.45, 7) is 2.04. The number of hydrogen-bond donors (Lipinski definition) is 1. The predicted octanol–water partition coefficient (Wildman–Crippen LogP) is 7.43. The standard InChI is InChI=1S/C34H26N4O/c1-24-10-5-8-17-32(24)38-33(28-20-18-26(19-21-28)25-11-3-2-4-12-25)22-31(37-38)34(39)36-35-23-29-15-9-14-27-13-6-7-16-30(27)29/h2-23H,1H3,(H,36,39)/b35-23-. The number of carbonyl (C=O) groups excluding carboxylic acids is 1. The number of hydrogen-bond acceptors (Lipinski definition) is 3. The summed E-state index contributed by atoms with van der Waals surface area (Å²) < 4.78 is 1.83. The predicted molar refractivity (Wildman–Crippen MR) is 158 cm³/mol. The minimum absolute atomic E-state index is 0.287. The summed E-state index contributed by atoms with van der Waals surface area (Å²) in [7, 11) is 0. The van der Waals surface area contributed by atoms with Crippen LogP contribution in [-0.4, -0.2) is 21.9 Å². The van der Waals surface area contributed by atoms with Gasteiger partial charge in [-0.1, -0.05) is 115 Å². The lowest BCUT2D eigenvalue weighted by Gasteiger charge is -2.11. The molecule has 39 heavy (non-hydrogen) atoms. The Balaban J connectivity index is 1.32. The van der Waals surface area contributed by atoms with Gasteiger partial charge in [0.1, 0.15) is 0 Å². The lowest BCUT2D eigenvalue weighted by Crippen LogP contribution is -2.18. The van der Waals surface area contributed by atoms with Gasteiger partial charge in [-0.05, 0) is 46.5 Å². The molecule has 0 bridgehead atoms. The number of para-hydroxylation sites is 1. The zero-order chi connectivity index (χ0) is 26.6. The fourth-order valence-electron chi connectivity index (χ4n) is 4.73. The Bertz CT molecular complexity index is 1800. The molecule has 6 rings (SSSR count). The van der Waals surface area contributed by atoms with E-state index in [0.717, 1.165) is 50.0 Å². The van der Waals surface area contributed by atoms with Gasteiger partial charge in [-0.25, -0.2) is 10.1 Å². The van der Waals surface area contributed by atoms with E-state index < -0.39 is 0 Å². The monoisotopic (exact) mass is 506 g/mol. The van der Waals surface area contributed by atoms with Crippen molar-refractivity contribution in [2.24, 2.45) is 5.10 Å². The molecule has 0 unspecified atom stereocenters. The zero-order valence-electron chi connectivity index (χ0n) is 21.5. The number of aryl methyl sites for hydroxylation is 1. The van der Waals surface area contributed by atoms with E-state index >= 15 is 0 Å². The van der Waals surface area contributed by atoms with Gasteiger partial charge in [0.05, 0.1) is 17.6 Å². The molecule has 0 aliphatic rings. The Hall–Kier alpha value is -5.29. The maximum Gasteiger partial charge on any atom is 0.291 e. The first-order chi connectivity index (χ1) is 19.2. The summed E-state index contributed by atoms with van der Waals surface area (Å²) in [4.78, 5) is 13.2. The van der Waals surface area contributed by atoms with Crippen molar-refractivity contribution in [2.45, 2.75) is 6.92 Å². The maximum atomic E-state index is 13.2. The lowest BCUT2D eigenvalue weighted by molar-refractivity contribution is 0.0949. The third-order valence-corrected chi connectivity index (χ3v) is 6.77. The van der Waals surface area contributed by atoms with Crippen LogP contribution in [0.3, 0.4) is 0 Å². The van der Waals surface area contributed by atoms with E-state index in [1.165, 1.54) is 0 Å². The SMILES string of the molecule is Cc1ccccc1-n1nc(C(=O)N/N=C\c2cccc3ccccc23)cc1-c1ccc(-c2ccccc2)cc1. The van der Waals surface area contributed by atoms with Crippen LogP contribution < -0.4 is 5.43 Å². The van der Waals surface area contributed by atoms with Crippen molar-refractivity contribution in [3.05, 3.63) is 144 Å². The van der Waals surface area contributed by atoms with Crippen molar-refractivity contribution in [1.29, 1.82) is 0 Å². The average Bonchev–Trinajstić information content (AvgIpc) is 3.43. The van der Waals surface area contributed by atoms with E-state index in [0.29, 0.717) is 0 Å². The Morgan fingerprint density at radius 2 is 1.41 bits per heavy atom. The fourth-order valence-corrected chi connectivity index (χ4v) is 4.73. The Kier molecular flexibility index (Phi) is 6.54. The van der Waals surface area contributed by atoms with Crippen LogP contribution in [0.15, 0.2) is 132 Å². The first kappa shape index (κ1) is 24.1. The van der Waals surface area contributed by atoms with Crippen LogP contribution in [0.4, 0.5) is 0 Å². The van der Waals surface area contributed by atoms with Gasteiger partial charge in [-0.15, -0.1) is 0 Å². The van der Waals surface area contributed by atoms with E-state index in [1.54, 1.807) is 6.21 Å². The number of carbonyl (C=O) groups is 1. The van der Waals surface area contributed by atoms with Gasteiger partial charge in [-0.2, -0.15) is 10.2 Å². The van der Waals surface area contributed by atoms with E-state index in [-0.39, 0.29) is 11.6 Å². The van der Waals surface area contributed by atoms with Gasteiger partial charge in [0.15, 0.2) is 5.69 Å². The highest BCUT2D eigenvalue weighted by atomic mass is 16.2. The summed E-state index contributed by atoms with van der Waals surface area (Å²) in [5.74, 6) is -0.374. The Labute approximate surface area is 227 Å². The molecule has 1 heterocycles. The molecule has 0 atom stereocenters. The van der Waals surface area contributed by atoms with Crippen molar-refractivity contribution in [3.8, 4) is 28.1 Å². The summed E-state index contributed by atoms with van der Waals surface area (Å²) >= 11 is 0. The fraction of sp³-hybridized carbons (Fsp3) is 0.0294. The number of fused-ring (bicyclic) bond motifs is 1. The Morgan fingerprint density at radius 3 is 2.23 bits per heavy atom. The van der Waals surface area contributed by atoms with Crippen molar-refractivity contribution >= 4 is 22.9 Å². The number of hydrazone groups is 1. The lowest BCUT2D eigenvalue weighted by atomic mass is 10.0. The molecule has 0 fully saturated rings. The molecule has 6 aromatic rings. The topological polar surface area (TPSA) is 59.3 Å². The third kappa shape index (κ3) is 4.98. The minimum Gasteiger partial charge on any atom is -0.265 e. The summed E-state index contributed by atoms with van der Waals surface area (Å²) in [5.41, 5.74) is 9.91. The van der Waals surface area contributed by atoms with Gasteiger partial charge in [-0.3, -0.25) is 4.79 Å².